The lowest BCUT2D eigenvalue weighted by Gasteiger charge is -2.36. The van der Waals surface area contributed by atoms with E-state index in [1.165, 1.54) is 0 Å². The lowest BCUT2D eigenvalue weighted by atomic mass is 9.90. The van der Waals surface area contributed by atoms with Crippen molar-refractivity contribution in [3.05, 3.63) is 0 Å². The van der Waals surface area contributed by atoms with Crippen LogP contribution in [0.1, 0.15) is 32.1 Å². The molecular formula is C9H14O3S. The number of hydrogen-bond acceptors (Lipinski definition) is 3. The van der Waals surface area contributed by atoms with Gasteiger partial charge in [0, 0.05) is 5.92 Å². The molecule has 0 saturated carbocycles. The third kappa shape index (κ3) is 1.41. The molecule has 2 aliphatic heterocycles. The number of sulfone groups is 1. The predicted octanol–water partition coefficient (Wildman–Crippen LogP) is 0.931. The molecule has 0 aromatic rings. The maximum Gasteiger partial charge on any atom is 0.156 e. The molecule has 0 aromatic heterocycles. The number of carbonyl (C=O) groups excluding carboxylic acids is 1. The van der Waals surface area contributed by atoms with Crippen molar-refractivity contribution in [2.75, 3.05) is 0 Å². The zero-order chi connectivity index (χ0) is 9.47. The van der Waals surface area contributed by atoms with Crippen molar-refractivity contribution in [3.8, 4) is 0 Å². The molecule has 0 N–H and O–H groups in total. The molecule has 2 rings (SSSR count). The second-order valence-electron chi connectivity index (χ2n) is 4.13. The van der Waals surface area contributed by atoms with Crippen molar-refractivity contribution in [2.45, 2.75) is 42.6 Å². The zero-order valence-corrected chi connectivity index (χ0v) is 8.29. The topological polar surface area (TPSA) is 51.2 Å². The monoisotopic (exact) mass is 202 g/mol. The van der Waals surface area contributed by atoms with Gasteiger partial charge in [-0.3, -0.25) is 0 Å². The molecule has 2 saturated heterocycles. The smallest absolute Gasteiger partial charge is 0.156 e. The third-order valence-electron chi connectivity index (χ3n) is 3.31. The summed E-state index contributed by atoms with van der Waals surface area (Å²) >= 11 is 0. The third-order valence-corrected chi connectivity index (χ3v) is 6.02. The highest BCUT2D eigenvalue weighted by molar-refractivity contribution is 7.92. The fourth-order valence-electron chi connectivity index (χ4n) is 2.56. The van der Waals surface area contributed by atoms with Crippen LogP contribution in [0.4, 0.5) is 0 Å². The van der Waals surface area contributed by atoms with Gasteiger partial charge in [0.05, 0.1) is 10.5 Å². The van der Waals surface area contributed by atoms with E-state index in [9.17, 15) is 13.2 Å². The van der Waals surface area contributed by atoms with Gasteiger partial charge in [0.15, 0.2) is 9.84 Å². The van der Waals surface area contributed by atoms with Gasteiger partial charge < -0.3 is 4.79 Å². The van der Waals surface area contributed by atoms with Crippen LogP contribution in [-0.4, -0.2) is 25.2 Å². The molecule has 2 fully saturated rings. The average molecular weight is 202 g/mol. The first-order chi connectivity index (χ1) is 6.14. The second kappa shape index (κ2) is 3.08. The Morgan fingerprint density at radius 1 is 1.08 bits per heavy atom. The van der Waals surface area contributed by atoms with Crippen molar-refractivity contribution >= 4 is 16.1 Å². The van der Waals surface area contributed by atoms with Gasteiger partial charge in [0.25, 0.3) is 0 Å². The first kappa shape index (κ1) is 9.19. The van der Waals surface area contributed by atoms with Crippen molar-refractivity contribution in [1.29, 1.82) is 0 Å². The fourth-order valence-corrected chi connectivity index (χ4v) is 5.13. The highest BCUT2D eigenvalue weighted by Gasteiger charge is 2.43. The number of carbonyl (C=O) groups is 1. The maximum atomic E-state index is 11.7. The number of fused-ring (bicyclic) bond motifs is 2. The van der Waals surface area contributed by atoms with Gasteiger partial charge in [-0.05, 0) is 25.7 Å². The van der Waals surface area contributed by atoms with Crippen LogP contribution in [0.5, 0.6) is 0 Å². The lowest BCUT2D eigenvalue weighted by Crippen LogP contribution is -2.43. The Kier molecular flexibility index (Phi) is 2.18. The van der Waals surface area contributed by atoms with Gasteiger partial charge in [-0.2, -0.15) is 0 Å². The minimum atomic E-state index is -2.87. The molecule has 0 radical (unpaired) electrons. The van der Waals surface area contributed by atoms with Crippen LogP contribution in [0.3, 0.4) is 0 Å². The molecule has 0 aromatic carbocycles. The molecule has 2 heterocycles. The van der Waals surface area contributed by atoms with E-state index in [0.29, 0.717) is 12.8 Å². The van der Waals surface area contributed by atoms with Gasteiger partial charge >= 0.3 is 0 Å². The number of aldehydes is 1. The standard InChI is InChI=1S/C9H14O3S/c10-6-7-4-8-2-1-3-9(5-7)13(8,11)12/h6-9H,1-5H2. The van der Waals surface area contributed by atoms with E-state index in [1.54, 1.807) is 0 Å². The summed E-state index contributed by atoms with van der Waals surface area (Å²) in [6.07, 6.45) is 4.62. The largest absolute Gasteiger partial charge is 0.303 e. The summed E-state index contributed by atoms with van der Waals surface area (Å²) in [4.78, 5) is 10.6. The van der Waals surface area contributed by atoms with E-state index in [1.807, 2.05) is 0 Å². The molecule has 4 heteroatoms. The van der Waals surface area contributed by atoms with Crippen LogP contribution in [0.2, 0.25) is 0 Å². The molecule has 0 spiro atoms. The van der Waals surface area contributed by atoms with Gasteiger partial charge in [-0.25, -0.2) is 8.42 Å². The van der Waals surface area contributed by atoms with E-state index in [-0.39, 0.29) is 16.4 Å². The highest BCUT2D eigenvalue weighted by atomic mass is 32.2. The highest BCUT2D eigenvalue weighted by Crippen LogP contribution is 2.38. The van der Waals surface area contributed by atoms with Crippen molar-refractivity contribution < 1.29 is 13.2 Å². The maximum absolute atomic E-state index is 11.7. The van der Waals surface area contributed by atoms with Crippen LogP contribution in [0, 0.1) is 5.92 Å². The molecule has 2 unspecified atom stereocenters. The van der Waals surface area contributed by atoms with Gasteiger partial charge in [-0.15, -0.1) is 0 Å². The predicted molar refractivity (Wildman–Crippen MR) is 49.1 cm³/mol. The fraction of sp³-hybridized carbons (Fsp3) is 0.889. The van der Waals surface area contributed by atoms with E-state index in [2.05, 4.69) is 0 Å². The first-order valence-electron chi connectivity index (χ1n) is 4.82. The Labute approximate surface area is 78.4 Å². The zero-order valence-electron chi connectivity index (χ0n) is 7.48. The van der Waals surface area contributed by atoms with Crippen LogP contribution >= 0.6 is 0 Å². The second-order valence-corrected chi connectivity index (χ2v) is 6.64. The summed E-state index contributed by atoms with van der Waals surface area (Å²) in [6.45, 7) is 0. The molecule has 0 amide bonds. The van der Waals surface area contributed by atoms with Crippen LogP contribution < -0.4 is 0 Å². The van der Waals surface area contributed by atoms with Crippen molar-refractivity contribution in [3.63, 3.8) is 0 Å². The Morgan fingerprint density at radius 3 is 2.08 bits per heavy atom. The summed E-state index contributed by atoms with van der Waals surface area (Å²) in [6, 6.07) is 0. The molecular weight excluding hydrogens is 188 g/mol. The SMILES string of the molecule is O=CC1CC2CCCC(C1)S2(=O)=O. The van der Waals surface area contributed by atoms with Gasteiger partial charge in [-0.1, -0.05) is 6.42 Å². The molecule has 3 nitrogen and oxygen atoms in total. The van der Waals surface area contributed by atoms with E-state index in [0.717, 1.165) is 25.5 Å². The average Bonchev–Trinajstić information content (AvgIpc) is 2.02. The lowest BCUT2D eigenvalue weighted by molar-refractivity contribution is -0.111. The molecule has 2 atom stereocenters. The summed E-state index contributed by atoms with van der Waals surface area (Å²) in [5.41, 5.74) is 0. The summed E-state index contributed by atoms with van der Waals surface area (Å²) in [7, 11) is -2.87. The van der Waals surface area contributed by atoms with E-state index < -0.39 is 9.84 Å². The van der Waals surface area contributed by atoms with Gasteiger partial charge in [0.1, 0.15) is 6.29 Å². The quantitative estimate of drug-likeness (QED) is 0.594. The van der Waals surface area contributed by atoms with E-state index >= 15 is 0 Å². The Balaban J connectivity index is 2.27. The normalized spacial score (nSPS) is 42.6. The Bertz CT molecular complexity index is 287. The van der Waals surface area contributed by atoms with Crippen LogP contribution in [0.25, 0.3) is 0 Å². The Hall–Kier alpha value is -0.380. The number of hydrogen-bond donors (Lipinski definition) is 0. The molecule has 2 bridgehead atoms. The number of rotatable bonds is 1. The van der Waals surface area contributed by atoms with Crippen molar-refractivity contribution in [1.82, 2.24) is 0 Å². The Morgan fingerprint density at radius 2 is 1.62 bits per heavy atom. The molecule has 0 aliphatic carbocycles. The summed E-state index contributed by atoms with van der Waals surface area (Å²) in [5, 5.41) is -0.426. The minimum Gasteiger partial charge on any atom is -0.303 e. The van der Waals surface area contributed by atoms with Crippen LogP contribution in [0.15, 0.2) is 0 Å². The molecule has 13 heavy (non-hydrogen) atoms. The first-order valence-corrected chi connectivity index (χ1v) is 6.43. The molecule has 74 valence electrons. The van der Waals surface area contributed by atoms with Crippen LogP contribution in [-0.2, 0) is 14.6 Å². The summed E-state index contributed by atoms with van der Waals surface area (Å²) < 4.78 is 23.5. The molecule has 2 aliphatic rings. The summed E-state index contributed by atoms with van der Waals surface area (Å²) in [5.74, 6) is -0.00109. The minimum absolute atomic E-state index is 0.00109. The van der Waals surface area contributed by atoms with E-state index in [4.69, 9.17) is 0 Å². The van der Waals surface area contributed by atoms with Gasteiger partial charge in [0.2, 0.25) is 0 Å². The van der Waals surface area contributed by atoms with Crippen molar-refractivity contribution in [2.24, 2.45) is 5.92 Å².